The van der Waals surface area contributed by atoms with Crippen molar-refractivity contribution in [3.8, 4) is 5.75 Å². The molecule has 9 nitrogen and oxygen atoms in total. The Morgan fingerprint density at radius 3 is 2.48 bits per heavy atom. The number of carbonyl (C=O) groups excluding carboxylic acids is 1. The number of hydrazine groups is 1. The fourth-order valence-corrected chi connectivity index (χ4v) is 4.41. The minimum absolute atomic E-state index is 0.192. The Labute approximate surface area is 239 Å². The zero-order valence-corrected chi connectivity index (χ0v) is 25.6. The SMILES string of the molecule is C=C(/C=N\NC)/C(N)=C/N(N)c1cc(C(=O)Nc2cc(CN(C)CC(C)C)c(OC)c(C(C)(C)C)c2)ccc1C. The molecule has 1 amide bonds. The van der Waals surface area contributed by atoms with Gasteiger partial charge in [-0.2, -0.15) is 5.10 Å². The first-order valence-corrected chi connectivity index (χ1v) is 13.4. The van der Waals surface area contributed by atoms with Crippen molar-refractivity contribution in [2.24, 2.45) is 22.6 Å². The van der Waals surface area contributed by atoms with Crippen LogP contribution >= 0.6 is 0 Å². The van der Waals surface area contributed by atoms with E-state index in [1.807, 2.05) is 25.1 Å². The monoisotopic (exact) mass is 549 g/mol. The molecule has 0 saturated heterocycles. The van der Waals surface area contributed by atoms with Crippen LogP contribution in [-0.4, -0.2) is 44.8 Å². The summed E-state index contributed by atoms with van der Waals surface area (Å²) in [6.07, 6.45) is 3.05. The number of aryl methyl sites for hydroxylation is 1. The highest BCUT2D eigenvalue weighted by atomic mass is 16.5. The Kier molecular flexibility index (Phi) is 11.3. The largest absolute Gasteiger partial charge is 0.496 e. The van der Waals surface area contributed by atoms with E-state index in [-0.39, 0.29) is 11.3 Å². The number of amides is 1. The van der Waals surface area contributed by atoms with Gasteiger partial charge < -0.3 is 26.1 Å². The average molecular weight is 550 g/mol. The van der Waals surface area contributed by atoms with Crippen LogP contribution in [0.15, 0.2) is 59.5 Å². The second-order valence-electron chi connectivity index (χ2n) is 11.5. The highest BCUT2D eigenvalue weighted by molar-refractivity contribution is 6.05. The normalized spacial score (nSPS) is 12.2. The molecule has 9 heteroatoms. The number of anilines is 2. The molecule has 2 aromatic rings. The number of nitrogens with zero attached hydrogens (tertiary/aromatic N) is 3. The van der Waals surface area contributed by atoms with Crippen LogP contribution in [0.1, 0.15) is 61.7 Å². The van der Waals surface area contributed by atoms with Crippen molar-refractivity contribution in [3.63, 3.8) is 0 Å². The zero-order chi connectivity index (χ0) is 30.2. The van der Waals surface area contributed by atoms with Gasteiger partial charge in [-0.05, 0) is 55.1 Å². The Bertz CT molecular complexity index is 1260. The van der Waals surface area contributed by atoms with Crippen molar-refractivity contribution in [2.45, 2.75) is 53.5 Å². The third kappa shape index (κ3) is 8.86. The van der Waals surface area contributed by atoms with Crippen molar-refractivity contribution < 1.29 is 9.53 Å². The Hall–Kier alpha value is -3.82. The highest BCUT2D eigenvalue weighted by Crippen LogP contribution is 2.37. The maximum atomic E-state index is 13.5. The first kappa shape index (κ1) is 32.4. The van der Waals surface area contributed by atoms with Gasteiger partial charge in [-0.3, -0.25) is 9.80 Å². The zero-order valence-electron chi connectivity index (χ0n) is 25.6. The quantitative estimate of drug-likeness (QED) is 0.129. The summed E-state index contributed by atoms with van der Waals surface area (Å²) in [5, 5.41) is 8.39. The molecule has 0 radical (unpaired) electrons. The van der Waals surface area contributed by atoms with E-state index >= 15 is 0 Å². The molecule has 0 saturated carbocycles. The Morgan fingerprint density at radius 1 is 1.23 bits per heavy atom. The van der Waals surface area contributed by atoms with E-state index in [0.717, 1.165) is 29.0 Å². The number of benzene rings is 2. The summed E-state index contributed by atoms with van der Waals surface area (Å²) in [6, 6.07) is 9.36. The van der Waals surface area contributed by atoms with Crippen molar-refractivity contribution >= 4 is 23.5 Å². The molecule has 40 heavy (non-hydrogen) atoms. The number of ether oxygens (including phenoxy) is 1. The summed E-state index contributed by atoms with van der Waals surface area (Å²) in [7, 11) is 5.48. The average Bonchev–Trinajstić information content (AvgIpc) is 2.85. The van der Waals surface area contributed by atoms with Crippen LogP contribution < -0.4 is 32.1 Å². The van der Waals surface area contributed by atoms with E-state index in [0.29, 0.717) is 40.7 Å². The number of nitrogens with two attached hydrogens (primary N) is 2. The van der Waals surface area contributed by atoms with Crippen LogP contribution in [0.4, 0.5) is 11.4 Å². The minimum Gasteiger partial charge on any atom is -0.496 e. The molecule has 2 aromatic carbocycles. The lowest BCUT2D eigenvalue weighted by Crippen LogP contribution is -2.27. The lowest BCUT2D eigenvalue weighted by atomic mass is 9.84. The first-order chi connectivity index (χ1) is 18.7. The van der Waals surface area contributed by atoms with Crippen LogP contribution in [-0.2, 0) is 12.0 Å². The number of methoxy groups -OCH3 is 1. The van der Waals surface area contributed by atoms with Gasteiger partial charge in [-0.15, -0.1) is 0 Å². The molecule has 0 aliphatic heterocycles. The number of hydrogen-bond donors (Lipinski definition) is 4. The van der Waals surface area contributed by atoms with Gasteiger partial charge >= 0.3 is 0 Å². The summed E-state index contributed by atoms with van der Waals surface area (Å²) < 4.78 is 5.89. The van der Waals surface area contributed by atoms with Crippen molar-refractivity contribution in [3.05, 3.63) is 76.6 Å². The van der Waals surface area contributed by atoms with Gasteiger partial charge in [0, 0.05) is 54.3 Å². The summed E-state index contributed by atoms with van der Waals surface area (Å²) in [5.74, 6) is 7.45. The fourth-order valence-electron chi connectivity index (χ4n) is 4.41. The molecule has 2 rings (SSSR count). The highest BCUT2D eigenvalue weighted by Gasteiger charge is 2.24. The van der Waals surface area contributed by atoms with Gasteiger partial charge in [0.15, 0.2) is 0 Å². The number of nitrogens with one attached hydrogen (secondary N) is 2. The van der Waals surface area contributed by atoms with Crippen LogP contribution in [0.25, 0.3) is 0 Å². The van der Waals surface area contributed by atoms with Gasteiger partial charge in [-0.1, -0.05) is 47.3 Å². The predicted octanol–water partition coefficient (Wildman–Crippen LogP) is 4.88. The summed E-state index contributed by atoms with van der Waals surface area (Å²) in [6.45, 7) is 18.3. The molecular weight excluding hydrogens is 502 g/mol. The van der Waals surface area contributed by atoms with Gasteiger partial charge in [0.05, 0.1) is 24.7 Å². The van der Waals surface area contributed by atoms with E-state index in [2.05, 4.69) is 69.0 Å². The summed E-state index contributed by atoms with van der Waals surface area (Å²) in [4.78, 5) is 15.7. The molecule has 6 N–H and O–H groups in total. The van der Waals surface area contributed by atoms with Crippen LogP contribution in [0.2, 0.25) is 0 Å². The van der Waals surface area contributed by atoms with E-state index in [4.69, 9.17) is 16.3 Å². The topological polar surface area (TPSA) is 121 Å². The molecule has 0 unspecified atom stereocenters. The molecule has 0 aromatic heterocycles. The Morgan fingerprint density at radius 2 is 1.90 bits per heavy atom. The van der Waals surface area contributed by atoms with Crippen LogP contribution in [0.5, 0.6) is 5.75 Å². The number of rotatable bonds is 12. The van der Waals surface area contributed by atoms with Crippen molar-refractivity contribution in [1.29, 1.82) is 0 Å². The molecule has 0 fully saturated rings. The first-order valence-electron chi connectivity index (χ1n) is 13.4. The smallest absolute Gasteiger partial charge is 0.255 e. The van der Waals surface area contributed by atoms with Crippen LogP contribution in [0, 0.1) is 12.8 Å². The van der Waals surface area contributed by atoms with E-state index in [1.165, 1.54) is 11.2 Å². The predicted molar refractivity (Wildman–Crippen MR) is 168 cm³/mol. The van der Waals surface area contributed by atoms with Gasteiger partial charge in [0.2, 0.25) is 0 Å². The number of carbonyl (C=O) groups is 1. The lowest BCUT2D eigenvalue weighted by molar-refractivity contribution is 0.102. The number of hydrogen-bond acceptors (Lipinski definition) is 8. The molecule has 0 heterocycles. The molecular formula is C31H47N7O2. The van der Waals surface area contributed by atoms with Gasteiger partial charge in [0.1, 0.15) is 5.75 Å². The molecule has 0 bridgehead atoms. The molecule has 0 aliphatic rings. The van der Waals surface area contributed by atoms with Gasteiger partial charge in [0.25, 0.3) is 5.91 Å². The lowest BCUT2D eigenvalue weighted by Gasteiger charge is -2.27. The molecule has 0 aliphatic carbocycles. The van der Waals surface area contributed by atoms with E-state index in [1.54, 1.807) is 32.5 Å². The maximum absolute atomic E-state index is 13.5. The second kappa shape index (κ2) is 14.0. The number of allylic oxidation sites excluding steroid dienone is 1. The summed E-state index contributed by atoms with van der Waals surface area (Å²) in [5.41, 5.74) is 14.2. The van der Waals surface area contributed by atoms with Gasteiger partial charge in [-0.25, -0.2) is 5.84 Å². The van der Waals surface area contributed by atoms with E-state index in [9.17, 15) is 4.79 Å². The summed E-state index contributed by atoms with van der Waals surface area (Å²) >= 11 is 0. The number of hydrazone groups is 1. The third-order valence-corrected chi connectivity index (χ3v) is 6.30. The second-order valence-corrected chi connectivity index (χ2v) is 11.5. The van der Waals surface area contributed by atoms with E-state index < -0.39 is 0 Å². The van der Waals surface area contributed by atoms with Crippen molar-refractivity contribution in [2.75, 3.05) is 38.1 Å². The standard InChI is InChI=1S/C31H47N7O2/c1-20(2)17-37(9)18-24-13-25(15-26(29(24)40-10)31(5,6)7)36-30(39)23-12-11-21(3)28(14-23)38(33)19-27(32)22(4)16-35-34-8/h11-16,19-20,34H,4,17-18,32-33H2,1-3,5-10H3,(H,36,39)/b27-19-,35-16-. The Balaban J connectivity index is 2.43. The third-order valence-electron chi connectivity index (χ3n) is 6.30. The maximum Gasteiger partial charge on any atom is 0.255 e. The van der Waals surface area contributed by atoms with Crippen LogP contribution in [0.3, 0.4) is 0 Å². The molecule has 0 atom stereocenters. The molecule has 0 spiro atoms. The fraction of sp³-hybridized carbons (Fsp3) is 0.419. The molecule has 218 valence electrons. The minimum atomic E-state index is -0.247. The van der Waals surface area contributed by atoms with Crippen molar-refractivity contribution in [1.82, 2.24) is 10.3 Å².